The number of rotatable bonds is 7. The fourth-order valence-corrected chi connectivity index (χ4v) is 7.64. The predicted molar refractivity (Wildman–Crippen MR) is 223 cm³/mol. The fourth-order valence-electron chi connectivity index (χ4n) is 7.64. The number of hydrogen-bond acceptors (Lipinski definition) is 4. The molecule has 0 N–H and O–H groups in total. The van der Waals surface area contributed by atoms with Crippen LogP contribution in [0.25, 0.3) is 72.4 Å². The highest BCUT2D eigenvalue weighted by Crippen LogP contribution is 2.47. The van der Waals surface area contributed by atoms with Gasteiger partial charge in [-0.2, -0.15) is 0 Å². The quantitative estimate of drug-likeness (QED) is 0.167. The summed E-state index contributed by atoms with van der Waals surface area (Å²) >= 11 is 0. The third-order valence-corrected chi connectivity index (χ3v) is 10.0. The first kappa shape index (κ1) is 31.4. The smallest absolute Gasteiger partial charge is 0.164 e. The summed E-state index contributed by atoms with van der Waals surface area (Å²) in [6.07, 6.45) is 0. The number of benzene rings is 8. The SMILES string of the molecule is c1ccc(-c2nc(-c3ccccc3)nc(-c3cccc4c3c3c5ccccc5c(N(c5ccccc5)c5ccccc5)cc3n4-c3ccccc3)n2)cc1. The molecule has 8 aromatic carbocycles. The minimum Gasteiger partial charge on any atom is -0.310 e. The molecular weight excluding hydrogens is 659 g/mol. The Kier molecular flexibility index (Phi) is 7.73. The molecule has 0 aliphatic rings. The van der Waals surface area contributed by atoms with Gasteiger partial charge in [-0.25, -0.2) is 15.0 Å². The molecule has 10 aromatic rings. The number of nitrogens with zero attached hydrogens (tertiary/aromatic N) is 5. The Morgan fingerprint density at radius 3 is 1.43 bits per heavy atom. The van der Waals surface area contributed by atoms with Gasteiger partial charge in [0.25, 0.3) is 0 Å². The van der Waals surface area contributed by atoms with E-state index in [2.05, 4.69) is 173 Å². The molecule has 0 atom stereocenters. The van der Waals surface area contributed by atoms with Crippen molar-refractivity contribution in [2.24, 2.45) is 0 Å². The molecule has 0 saturated carbocycles. The fraction of sp³-hybridized carbons (Fsp3) is 0. The van der Waals surface area contributed by atoms with Crippen molar-refractivity contribution in [3.8, 4) is 39.9 Å². The van der Waals surface area contributed by atoms with E-state index in [1.165, 1.54) is 0 Å². The summed E-state index contributed by atoms with van der Waals surface area (Å²) in [6, 6.07) is 69.7. The lowest BCUT2D eigenvalue weighted by Crippen LogP contribution is -2.10. The molecule has 0 bridgehead atoms. The van der Waals surface area contributed by atoms with Gasteiger partial charge in [0, 0.05) is 49.9 Å². The molecule has 2 aromatic heterocycles. The van der Waals surface area contributed by atoms with Gasteiger partial charge in [-0.3, -0.25) is 0 Å². The molecule has 2 heterocycles. The van der Waals surface area contributed by atoms with Crippen LogP contribution >= 0.6 is 0 Å². The van der Waals surface area contributed by atoms with E-state index in [4.69, 9.17) is 15.0 Å². The summed E-state index contributed by atoms with van der Waals surface area (Å²) in [7, 11) is 0. The Labute approximate surface area is 313 Å². The molecule has 5 heteroatoms. The summed E-state index contributed by atoms with van der Waals surface area (Å²) < 4.78 is 2.38. The minimum absolute atomic E-state index is 0.628. The highest BCUT2D eigenvalue weighted by molar-refractivity contribution is 6.27. The molecule has 0 spiro atoms. The average molecular weight is 692 g/mol. The second-order valence-electron chi connectivity index (χ2n) is 13.3. The van der Waals surface area contributed by atoms with Gasteiger partial charge >= 0.3 is 0 Å². The van der Waals surface area contributed by atoms with Crippen LogP contribution in [-0.2, 0) is 0 Å². The molecule has 5 nitrogen and oxygen atoms in total. The van der Waals surface area contributed by atoms with Crippen LogP contribution in [0.2, 0.25) is 0 Å². The topological polar surface area (TPSA) is 46.8 Å². The zero-order chi connectivity index (χ0) is 35.8. The van der Waals surface area contributed by atoms with Gasteiger partial charge in [0.2, 0.25) is 0 Å². The number of para-hydroxylation sites is 3. The highest BCUT2D eigenvalue weighted by Gasteiger charge is 2.24. The molecule has 54 heavy (non-hydrogen) atoms. The predicted octanol–water partition coefficient (Wildman–Crippen LogP) is 12.6. The molecule has 0 unspecified atom stereocenters. The van der Waals surface area contributed by atoms with Crippen LogP contribution in [0.5, 0.6) is 0 Å². The van der Waals surface area contributed by atoms with Crippen molar-refractivity contribution < 1.29 is 0 Å². The highest BCUT2D eigenvalue weighted by atomic mass is 15.1. The van der Waals surface area contributed by atoms with Gasteiger partial charge in [-0.1, -0.05) is 152 Å². The zero-order valence-electron chi connectivity index (χ0n) is 29.3. The number of hydrogen-bond donors (Lipinski definition) is 0. The molecule has 0 fully saturated rings. The van der Waals surface area contributed by atoms with Crippen LogP contribution in [0.1, 0.15) is 0 Å². The van der Waals surface area contributed by atoms with E-state index in [-0.39, 0.29) is 0 Å². The van der Waals surface area contributed by atoms with Gasteiger partial charge in [-0.05, 0) is 53.9 Å². The molecule has 0 aliphatic heterocycles. The van der Waals surface area contributed by atoms with Gasteiger partial charge in [0.15, 0.2) is 17.5 Å². The number of fused-ring (bicyclic) bond motifs is 5. The van der Waals surface area contributed by atoms with Crippen molar-refractivity contribution in [2.75, 3.05) is 4.90 Å². The Balaban J connectivity index is 1.33. The summed E-state index contributed by atoms with van der Waals surface area (Å²) in [6.45, 7) is 0. The number of anilines is 3. The van der Waals surface area contributed by atoms with Crippen molar-refractivity contribution in [1.29, 1.82) is 0 Å². The summed E-state index contributed by atoms with van der Waals surface area (Å²) in [5.74, 6) is 1.90. The van der Waals surface area contributed by atoms with Crippen LogP contribution in [0, 0.1) is 0 Å². The van der Waals surface area contributed by atoms with Crippen LogP contribution < -0.4 is 4.90 Å². The standard InChI is InChI=1S/C49H33N5/c1-6-19-34(20-7-1)47-50-48(35-21-8-2-9-22-35)52-49(51-47)41-31-18-32-42-46(41)45-40-30-17-16-29-39(40)43(33-44(45)54(42)38-27-14-5-15-28-38)53(36-23-10-3-11-24-36)37-25-12-4-13-26-37/h1-33H. The van der Waals surface area contributed by atoms with Crippen LogP contribution in [-0.4, -0.2) is 19.5 Å². The van der Waals surface area contributed by atoms with E-state index in [1.54, 1.807) is 0 Å². The summed E-state index contributed by atoms with van der Waals surface area (Å²) in [5.41, 5.74) is 9.34. The average Bonchev–Trinajstić information content (AvgIpc) is 3.60. The van der Waals surface area contributed by atoms with E-state index in [1.807, 2.05) is 36.4 Å². The van der Waals surface area contributed by atoms with Gasteiger partial charge in [0.1, 0.15) is 0 Å². The van der Waals surface area contributed by atoms with Crippen molar-refractivity contribution in [3.63, 3.8) is 0 Å². The van der Waals surface area contributed by atoms with Crippen LogP contribution in [0.3, 0.4) is 0 Å². The van der Waals surface area contributed by atoms with E-state index >= 15 is 0 Å². The first-order chi connectivity index (χ1) is 26.8. The molecule has 0 radical (unpaired) electrons. The lowest BCUT2D eigenvalue weighted by molar-refractivity contribution is 1.08. The maximum absolute atomic E-state index is 5.20. The van der Waals surface area contributed by atoms with Crippen molar-refractivity contribution >= 4 is 49.6 Å². The molecule has 254 valence electrons. The molecule has 0 saturated heterocycles. The normalized spacial score (nSPS) is 11.3. The Morgan fingerprint density at radius 1 is 0.370 bits per heavy atom. The van der Waals surface area contributed by atoms with Crippen molar-refractivity contribution in [2.45, 2.75) is 0 Å². The van der Waals surface area contributed by atoms with E-state index in [9.17, 15) is 0 Å². The summed E-state index contributed by atoms with van der Waals surface area (Å²) in [5, 5.41) is 4.53. The van der Waals surface area contributed by atoms with E-state index in [0.717, 1.165) is 72.0 Å². The lowest BCUT2D eigenvalue weighted by Gasteiger charge is -2.27. The monoisotopic (exact) mass is 691 g/mol. The van der Waals surface area contributed by atoms with Gasteiger partial charge in [-0.15, -0.1) is 0 Å². The Hall–Kier alpha value is -7.37. The zero-order valence-corrected chi connectivity index (χ0v) is 29.3. The maximum atomic E-state index is 5.20. The van der Waals surface area contributed by atoms with Gasteiger partial charge in [0.05, 0.1) is 16.7 Å². The third-order valence-electron chi connectivity index (χ3n) is 10.0. The largest absolute Gasteiger partial charge is 0.310 e. The van der Waals surface area contributed by atoms with E-state index in [0.29, 0.717) is 17.5 Å². The second kappa shape index (κ2) is 13.3. The van der Waals surface area contributed by atoms with Crippen LogP contribution in [0.4, 0.5) is 17.1 Å². The van der Waals surface area contributed by atoms with Gasteiger partial charge < -0.3 is 9.47 Å². The van der Waals surface area contributed by atoms with Crippen molar-refractivity contribution in [1.82, 2.24) is 19.5 Å². The first-order valence-electron chi connectivity index (χ1n) is 18.1. The maximum Gasteiger partial charge on any atom is 0.164 e. The first-order valence-corrected chi connectivity index (χ1v) is 18.1. The van der Waals surface area contributed by atoms with E-state index < -0.39 is 0 Å². The molecule has 0 aliphatic carbocycles. The Bertz CT molecular complexity index is 2810. The van der Waals surface area contributed by atoms with Crippen molar-refractivity contribution in [3.05, 3.63) is 200 Å². The number of aromatic nitrogens is 4. The lowest BCUT2D eigenvalue weighted by atomic mass is 9.98. The minimum atomic E-state index is 0.628. The molecular formula is C49H33N5. The second-order valence-corrected chi connectivity index (χ2v) is 13.3. The molecule has 0 amide bonds. The molecule has 10 rings (SSSR count). The van der Waals surface area contributed by atoms with Crippen LogP contribution in [0.15, 0.2) is 200 Å². The Morgan fingerprint density at radius 2 is 0.852 bits per heavy atom. The summed E-state index contributed by atoms with van der Waals surface area (Å²) in [4.78, 5) is 17.8. The third kappa shape index (κ3) is 5.38.